The lowest BCUT2D eigenvalue weighted by Gasteiger charge is -2.19. The van der Waals surface area contributed by atoms with Gasteiger partial charge in [0.15, 0.2) is 0 Å². The second kappa shape index (κ2) is 6.36. The third-order valence-electron chi connectivity index (χ3n) is 3.48. The molecule has 0 saturated heterocycles. The molecule has 0 unspecified atom stereocenters. The van der Waals surface area contributed by atoms with Crippen molar-refractivity contribution in [3.63, 3.8) is 0 Å². The van der Waals surface area contributed by atoms with Crippen LogP contribution >= 0.6 is 15.9 Å². The van der Waals surface area contributed by atoms with E-state index in [0.29, 0.717) is 13.3 Å². The van der Waals surface area contributed by atoms with E-state index in [4.69, 9.17) is 4.74 Å². The van der Waals surface area contributed by atoms with E-state index in [1.54, 1.807) is 5.01 Å². The molecule has 1 heterocycles. The fourth-order valence-electron chi connectivity index (χ4n) is 2.32. The predicted molar refractivity (Wildman–Crippen MR) is 89.6 cm³/mol. The van der Waals surface area contributed by atoms with E-state index in [0.717, 1.165) is 21.5 Å². The highest BCUT2D eigenvalue weighted by Gasteiger charge is 2.18. The number of nitrogens with zero attached hydrogens (tertiary/aromatic N) is 4. The molecule has 1 aliphatic rings. The minimum absolute atomic E-state index is 0.494. The molecule has 0 N–H and O–H groups in total. The summed E-state index contributed by atoms with van der Waals surface area (Å²) in [7, 11) is 1.90. The summed E-state index contributed by atoms with van der Waals surface area (Å²) < 4.78 is 6.94. The van der Waals surface area contributed by atoms with Gasteiger partial charge in [-0.2, -0.15) is 0 Å². The molecule has 3 rings (SSSR count). The number of rotatable bonds is 4. The van der Waals surface area contributed by atoms with Gasteiger partial charge >= 0.3 is 0 Å². The highest BCUT2D eigenvalue weighted by molar-refractivity contribution is 9.10. The average Bonchev–Trinajstić information content (AvgIpc) is 2.92. The molecule has 0 bridgehead atoms. The zero-order valence-electron chi connectivity index (χ0n) is 12.5. The van der Waals surface area contributed by atoms with E-state index in [-0.39, 0.29) is 0 Å². The minimum Gasteiger partial charge on any atom is -0.489 e. The fraction of sp³-hybridized carbons (Fsp3) is 0.250. The molecule has 1 aliphatic heterocycles. The molecule has 0 fully saturated rings. The van der Waals surface area contributed by atoms with Crippen LogP contribution < -0.4 is 9.75 Å². The molecule has 0 aliphatic carbocycles. The molecule has 22 heavy (non-hydrogen) atoms. The van der Waals surface area contributed by atoms with Gasteiger partial charge in [-0.15, -0.1) is 0 Å². The van der Waals surface area contributed by atoms with E-state index in [2.05, 4.69) is 39.4 Å². The lowest BCUT2D eigenvalue weighted by atomic mass is 10.1. The molecule has 0 aromatic heterocycles. The first-order valence-corrected chi connectivity index (χ1v) is 7.80. The van der Waals surface area contributed by atoms with Gasteiger partial charge in [-0.05, 0) is 42.0 Å². The third-order valence-corrected chi connectivity index (χ3v) is 3.98. The van der Waals surface area contributed by atoms with Crippen molar-refractivity contribution in [1.29, 1.82) is 0 Å². The van der Waals surface area contributed by atoms with Crippen molar-refractivity contribution < 1.29 is 4.74 Å². The first kappa shape index (κ1) is 14.8. The number of benzene rings is 2. The van der Waals surface area contributed by atoms with Gasteiger partial charge in [0.1, 0.15) is 19.0 Å². The molecule has 0 saturated carbocycles. The standard InChI is InChI=1S/C16H17BrN4O/c1-12-5-3-8-16(21-11-20(2)18-19-21)15(12)10-22-14-7-4-6-13(17)9-14/h3-9H,10-11H2,1-2H3. The van der Waals surface area contributed by atoms with Crippen molar-refractivity contribution in [3.8, 4) is 5.75 Å². The Morgan fingerprint density at radius 3 is 2.73 bits per heavy atom. The molecule has 0 amide bonds. The molecule has 5 nitrogen and oxygen atoms in total. The second-order valence-electron chi connectivity index (χ2n) is 5.20. The van der Waals surface area contributed by atoms with Crippen molar-refractivity contribution in [2.75, 3.05) is 18.7 Å². The molecule has 0 spiro atoms. The van der Waals surface area contributed by atoms with Crippen LogP contribution in [0.15, 0.2) is 57.4 Å². The molecule has 2 aromatic carbocycles. The maximum Gasteiger partial charge on any atom is 0.132 e. The fourth-order valence-corrected chi connectivity index (χ4v) is 2.70. The van der Waals surface area contributed by atoms with Crippen molar-refractivity contribution in [2.24, 2.45) is 10.4 Å². The van der Waals surface area contributed by atoms with Crippen LogP contribution in [-0.4, -0.2) is 18.7 Å². The van der Waals surface area contributed by atoms with Gasteiger partial charge in [-0.25, -0.2) is 5.01 Å². The highest BCUT2D eigenvalue weighted by Crippen LogP contribution is 2.28. The van der Waals surface area contributed by atoms with Crippen molar-refractivity contribution in [1.82, 2.24) is 5.01 Å². The van der Waals surface area contributed by atoms with Crippen LogP contribution in [0, 0.1) is 6.92 Å². The van der Waals surface area contributed by atoms with E-state index in [1.807, 2.05) is 48.5 Å². The average molecular weight is 361 g/mol. The summed E-state index contributed by atoms with van der Waals surface area (Å²) in [6, 6.07) is 14.0. The Labute approximate surface area is 138 Å². The molecular weight excluding hydrogens is 344 g/mol. The Hall–Kier alpha value is -2.08. The zero-order valence-corrected chi connectivity index (χ0v) is 14.1. The van der Waals surface area contributed by atoms with Crippen molar-refractivity contribution in [3.05, 3.63) is 58.1 Å². The van der Waals surface area contributed by atoms with Gasteiger partial charge < -0.3 is 4.74 Å². The lowest BCUT2D eigenvalue weighted by Crippen LogP contribution is -2.23. The summed E-state index contributed by atoms with van der Waals surface area (Å²) in [5, 5.41) is 11.9. The number of hydrogen-bond donors (Lipinski definition) is 0. The van der Waals surface area contributed by atoms with Gasteiger partial charge in [0.2, 0.25) is 0 Å². The summed E-state index contributed by atoms with van der Waals surface area (Å²) in [4.78, 5) is 0. The maximum absolute atomic E-state index is 5.94. The van der Waals surface area contributed by atoms with Gasteiger partial charge in [0, 0.05) is 17.1 Å². The van der Waals surface area contributed by atoms with Crippen LogP contribution in [0.25, 0.3) is 0 Å². The zero-order chi connectivity index (χ0) is 15.5. The minimum atomic E-state index is 0.494. The summed E-state index contributed by atoms with van der Waals surface area (Å²) in [5.41, 5.74) is 3.33. The number of hydrogen-bond acceptors (Lipinski definition) is 5. The van der Waals surface area contributed by atoms with Crippen molar-refractivity contribution in [2.45, 2.75) is 13.5 Å². The van der Waals surface area contributed by atoms with Gasteiger partial charge in [0.05, 0.1) is 5.69 Å². The smallest absolute Gasteiger partial charge is 0.132 e. The molecule has 114 valence electrons. The number of halogens is 1. The van der Waals surface area contributed by atoms with E-state index >= 15 is 0 Å². The van der Waals surface area contributed by atoms with E-state index in [1.165, 1.54) is 5.56 Å². The summed E-state index contributed by atoms with van der Waals surface area (Å²) in [6.45, 7) is 3.22. The molecule has 0 radical (unpaired) electrons. The monoisotopic (exact) mass is 360 g/mol. The van der Waals surface area contributed by atoms with E-state index < -0.39 is 0 Å². The Kier molecular flexibility index (Phi) is 4.29. The molecule has 0 atom stereocenters. The topological polar surface area (TPSA) is 40.4 Å². The Morgan fingerprint density at radius 1 is 1.18 bits per heavy atom. The van der Waals surface area contributed by atoms with Gasteiger partial charge in [-0.3, -0.25) is 5.01 Å². The van der Waals surface area contributed by atoms with Gasteiger partial charge in [-0.1, -0.05) is 39.4 Å². The SMILES string of the molecule is Cc1cccc(N2CN(C)N=N2)c1COc1cccc(Br)c1. The first-order valence-electron chi connectivity index (χ1n) is 7.00. The molecule has 6 heteroatoms. The summed E-state index contributed by atoms with van der Waals surface area (Å²) in [6.07, 6.45) is 0. The third kappa shape index (κ3) is 3.22. The van der Waals surface area contributed by atoms with Crippen LogP contribution in [0.5, 0.6) is 5.75 Å². The number of ether oxygens (including phenoxy) is 1. The Balaban J connectivity index is 1.82. The van der Waals surface area contributed by atoms with Crippen LogP contribution in [0.3, 0.4) is 0 Å². The number of anilines is 1. The van der Waals surface area contributed by atoms with Crippen LogP contribution in [0.4, 0.5) is 5.69 Å². The predicted octanol–water partition coefficient (Wildman–Crippen LogP) is 4.33. The number of aryl methyl sites for hydroxylation is 1. The Bertz CT molecular complexity index is 704. The molecule has 2 aromatic rings. The lowest BCUT2D eigenvalue weighted by molar-refractivity contribution is 0.305. The quantitative estimate of drug-likeness (QED) is 0.814. The normalized spacial score (nSPS) is 13.8. The first-order chi connectivity index (χ1) is 10.6. The van der Waals surface area contributed by atoms with Crippen LogP contribution in [0.1, 0.15) is 11.1 Å². The maximum atomic E-state index is 5.94. The van der Waals surface area contributed by atoms with E-state index in [9.17, 15) is 0 Å². The van der Waals surface area contributed by atoms with Crippen molar-refractivity contribution >= 4 is 21.6 Å². The van der Waals surface area contributed by atoms with Crippen LogP contribution in [0.2, 0.25) is 0 Å². The highest BCUT2D eigenvalue weighted by atomic mass is 79.9. The summed E-state index contributed by atoms with van der Waals surface area (Å²) in [5.74, 6) is 0.837. The largest absolute Gasteiger partial charge is 0.489 e. The van der Waals surface area contributed by atoms with Gasteiger partial charge in [0.25, 0.3) is 0 Å². The summed E-state index contributed by atoms with van der Waals surface area (Å²) >= 11 is 3.46. The second-order valence-corrected chi connectivity index (χ2v) is 6.11. The van der Waals surface area contributed by atoms with Crippen LogP contribution in [-0.2, 0) is 6.61 Å². The molecular formula is C16H17BrN4O. The Morgan fingerprint density at radius 2 is 2.00 bits per heavy atom.